The zero-order valence-electron chi connectivity index (χ0n) is 66.4. The second-order valence-electron chi connectivity index (χ2n) is 28.8. The number of benzene rings is 2. The van der Waals surface area contributed by atoms with Crippen LogP contribution in [0.4, 0.5) is 0 Å². The minimum Gasteiger partial charge on any atom is -0.564 e. The van der Waals surface area contributed by atoms with Gasteiger partial charge < -0.3 is 112 Å². The molecule has 0 saturated heterocycles. The Labute approximate surface area is 691 Å². The lowest BCUT2D eigenvalue weighted by molar-refractivity contribution is -0.308. The second-order valence-corrected chi connectivity index (χ2v) is 29.8. The van der Waals surface area contributed by atoms with Crippen LogP contribution in [0.25, 0.3) is 22.3 Å². The zero-order valence-corrected chi connectivity index (χ0v) is 67.2. The van der Waals surface area contributed by atoms with Crippen LogP contribution in [0.3, 0.4) is 0 Å². The fourth-order valence-electron chi connectivity index (χ4n) is 13.6. The summed E-state index contributed by atoms with van der Waals surface area (Å²) >= 11 is 0.790. The van der Waals surface area contributed by atoms with E-state index in [9.17, 15) is 118 Å². The quantitative estimate of drug-likeness (QED) is 0.00744. The van der Waals surface area contributed by atoms with Gasteiger partial charge in [0.1, 0.15) is 36.7 Å². The van der Waals surface area contributed by atoms with Gasteiger partial charge in [0.25, 0.3) is 5.56 Å². The van der Waals surface area contributed by atoms with Crippen LogP contribution in [0, 0.1) is 0 Å². The number of para-hydroxylation sites is 1. The molecule has 17 N–H and O–H groups in total. The number of cyclic esters (lactones) is 1. The smallest absolute Gasteiger partial charge is 0.530 e. The Morgan fingerprint density at radius 2 is 1.17 bits per heavy atom. The van der Waals surface area contributed by atoms with Crippen LogP contribution in [-0.4, -0.2) is 343 Å². The number of hydrogen-bond donors (Lipinski definition) is 12. The second kappa shape index (κ2) is 48.6. The molecule has 2 aromatic carbocycles. The number of carboxylic acid groups (broad SMARTS) is 6. The number of aromatic nitrogens is 2. The molecule has 4 aromatic rings. The third kappa shape index (κ3) is 32.7. The van der Waals surface area contributed by atoms with Crippen molar-refractivity contribution in [3.63, 3.8) is 0 Å². The van der Waals surface area contributed by atoms with E-state index in [0.717, 1.165) is 39.4 Å². The first-order valence-corrected chi connectivity index (χ1v) is 39.7. The number of carbonyl (C=O) groups is 15. The number of thioether (sulfide) groups is 1. The monoisotopic (exact) mass is 1710 g/mol. The van der Waals surface area contributed by atoms with Gasteiger partial charge in [0, 0.05) is 143 Å². The van der Waals surface area contributed by atoms with Gasteiger partial charge in [-0.3, -0.25) is 82.7 Å². The van der Waals surface area contributed by atoms with Crippen molar-refractivity contribution >= 4 is 112 Å². The number of pyridine rings is 2. The predicted molar refractivity (Wildman–Crippen MR) is 419 cm³/mol. The Morgan fingerprint density at radius 3 is 1.76 bits per heavy atom. The number of ether oxygens (including phenoxy) is 2. The highest BCUT2D eigenvalue weighted by atomic mass is 32.2. The number of aromatic hydroxyl groups is 1. The Balaban J connectivity index is 1.16. The molecule has 0 aliphatic carbocycles. The number of fused-ring (bicyclic) bond motifs is 5. The molecule has 0 spiro atoms. The summed E-state index contributed by atoms with van der Waals surface area (Å²) in [6.07, 6.45) is -0.973. The summed E-state index contributed by atoms with van der Waals surface area (Å²) in [4.78, 5) is 217. The number of aliphatic hydroxyl groups excluding tert-OH is 1. The molecule has 5 amide bonds. The van der Waals surface area contributed by atoms with Gasteiger partial charge in [0.05, 0.1) is 78.9 Å². The summed E-state index contributed by atoms with van der Waals surface area (Å²) in [6.45, 7) is -4.99. The van der Waals surface area contributed by atoms with Gasteiger partial charge >= 0.3 is 41.8 Å². The van der Waals surface area contributed by atoms with E-state index >= 15 is 0 Å². The highest BCUT2D eigenvalue weighted by Crippen LogP contribution is 2.41. The highest BCUT2D eigenvalue weighted by molar-refractivity contribution is 8.00. The molecule has 0 fully saturated rings. The molecule has 0 saturated carbocycles. The van der Waals surface area contributed by atoms with Gasteiger partial charge in [-0.05, 0) is 81.0 Å². The molecule has 6 rings (SSSR count). The number of unbranched alkanes of at least 4 members (excludes halogenated alkanes) is 2. The number of rotatable bonds is 59. The Morgan fingerprint density at radius 1 is 0.642 bits per heavy atom. The van der Waals surface area contributed by atoms with Crippen molar-refractivity contribution in [2.45, 2.75) is 114 Å². The van der Waals surface area contributed by atoms with E-state index < -0.39 is 202 Å². The molecule has 658 valence electrons. The number of nitrogens with two attached hydrogens (primary N) is 1. The van der Waals surface area contributed by atoms with Crippen molar-refractivity contribution in [3.8, 4) is 17.1 Å². The van der Waals surface area contributed by atoms with Gasteiger partial charge in [-0.1, -0.05) is 43.7 Å². The molecule has 0 bridgehead atoms. The highest BCUT2D eigenvalue weighted by Gasteiger charge is 2.51. The molecule has 0 radical (unpaired) electrons. The van der Waals surface area contributed by atoms with Gasteiger partial charge in [0.2, 0.25) is 35.1 Å². The van der Waals surface area contributed by atoms with Crippen LogP contribution >= 0.6 is 11.8 Å². The summed E-state index contributed by atoms with van der Waals surface area (Å²) in [5.41, 5.74) is 6.48. The molecule has 4 heterocycles. The molecule has 5 unspecified atom stereocenters. The molecule has 44 heteroatoms. The molecule has 120 heavy (non-hydrogen) atoms. The Kier molecular flexibility index (Phi) is 39.5. The average molecular weight is 1710 g/mol. The van der Waals surface area contributed by atoms with E-state index in [0.29, 0.717) is 35.3 Å². The average Bonchev–Trinajstić information content (AvgIpc) is 1.50. The molecular weight excluding hydrogens is 1600 g/mol. The molecule has 2 aromatic heterocycles. The maximum absolute atomic E-state index is 14.9. The first-order chi connectivity index (χ1) is 56.9. The molecule has 6 atom stereocenters. The number of esters is 2. The third-order valence-electron chi connectivity index (χ3n) is 19.3. The van der Waals surface area contributed by atoms with Gasteiger partial charge in [-0.25, -0.2) is 9.78 Å². The largest absolute Gasteiger partial charge is 0.564 e. The fraction of sp³-hybridized carbons (Fsp3) is 0.539. The summed E-state index contributed by atoms with van der Waals surface area (Å²) in [6, 6.07) is 11.2. The lowest BCUT2D eigenvalue weighted by Gasteiger charge is -2.35. The van der Waals surface area contributed by atoms with E-state index in [2.05, 4.69) is 31.9 Å². The summed E-state index contributed by atoms with van der Waals surface area (Å²) < 4.78 is 13.0. The minimum atomic E-state index is -2.11. The summed E-state index contributed by atoms with van der Waals surface area (Å²) in [5.74, 6) is -17.9. The fourth-order valence-corrected chi connectivity index (χ4v) is 14.4. The molecule has 2 aliphatic rings. The normalized spacial score (nSPS) is 14.7. The minimum absolute atomic E-state index is 0.0223. The van der Waals surface area contributed by atoms with Crippen LogP contribution in [0.15, 0.2) is 65.5 Å². The maximum Gasteiger partial charge on any atom is 0.530 e. The maximum atomic E-state index is 14.9. The van der Waals surface area contributed by atoms with Crippen LogP contribution in [0.2, 0.25) is 0 Å². The van der Waals surface area contributed by atoms with Crippen LogP contribution in [0.1, 0.15) is 81.0 Å². The van der Waals surface area contributed by atoms with Crippen LogP contribution in [-0.2, 0) is 107 Å². The van der Waals surface area contributed by atoms with E-state index in [1.807, 2.05) is 30.3 Å². The lowest BCUT2D eigenvalue weighted by atomic mass is 9.85. The first-order valence-electron chi connectivity index (χ1n) is 38.5. The molecular formula is C76H104N15O28S-. The number of nitrogens with zero attached hydrogens (tertiary/aromatic N) is 8. The standard InChI is InChI=1S/C76H105N15O28S/c1-3-76(53-30-58-70-49(29-48-10-4-5-12-54(48)82-70)32-91(58)74(116)52(53)43-118-75(76)117)119-69(112)45-120-44-57(80-46(2)92)73(115)83-55(13-7-9-19-79-60(95)34-88(38-64(102)103)25-21-86(36-62(98)99)23-27-90(41-67(108)109)42-68(110)111)71(113)84-56(28-47-14-16-51(93)17-15-47)72(114)81-50(31-77)11-6-8-18-78-59(94)33-87(37-63(100)101)24-20-85(35-61(96)97)22-26-89(39-65(104)105)40-66(106)107/h4-5,10,12,14-17,29-30,50,55-57,59,78,93-94H,3,6-9,11,13,18-28,31-45,77H2,1-2H3,(H,79,95)(H,80,92)(H,81,114)(H,83,115)(H,84,113)(H,96,97)(H,98,99)(H,100,101)(H,102,103)(H,104,105)(H,106,107)(H,108,109)(H,110,111)/p-1/t50?,55?,56?,57?,59?,76-/m0/s1. The number of amides is 5. The van der Waals surface area contributed by atoms with Gasteiger partial charge in [-0.15, -0.1) is 11.8 Å². The van der Waals surface area contributed by atoms with Crippen molar-refractivity contribution < 1.29 is 132 Å². The van der Waals surface area contributed by atoms with E-state index in [4.69, 9.17) is 30.4 Å². The number of phenols is 1. The first kappa shape index (κ1) is 97.5. The molecule has 2 aliphatic heterocycles. The number of nitrogens with one attached hydrogen (secondary N) is 6. The van der Waals surface area contributed by atoms with E-state index in [1.54, 1.807) is 13.0 Å². The van der Waals surface area contributed by atoms with Crippen molar-refractivity contribution in [2.24, 2.45) is 5.73 Å². The Hall–Kier alpha value is -11.4. The SMILES string of the molecule is CC[C@@]1(OC(=O)CSCC(NC(C)=O)C(=O)NC(CCCCNC(=O)CN(CCN(CCN(CC(=O)[O-])CC(=O)O)CC(=O)[OH2+])CC(=O)O)C(=O)NC(Cc2ccc(O)cc2)C(=O)NC(CN)CCCCNC(O)CN(CCN(CCN(CC(=O)[O-])CC(=O)[OH2+])CC(=O)[O-])CC(=O)O)C(=O)OCc2c1cc1n(c2=O)Cc2cc3ccccc3nc2-1. The van der Waals surface area contributed by atoms with Crippen LogP contribution < -0.4 is 58.5 Å². The number of carboxylic acids is 6. The number of hydrogen-bond acceptors (Lipinski definition) is 33. The summed E-state index contributed by atoms with van der Waals surface area (Å²) in [7, 11) is 0. The summed E-state index contributed by atoms with van der Waals surface area (Å²) in [5, 5.41) is 116. The zero-order chi connectivity index (χ0) is 88.3. The number of phenolic OH excluding ortho intramolecular Hbond substituents is 1. The van der Waals surface area contributed by atoms with Gasteiger partial charge in [-0.2, -0.15) is 0 Å². The Bertz CT molecular complexity index is 4320. The topological polar surface area (TPSA) is 643 Å². The van der Waals surface area contributed by atoms with E-state index in [1.165, 1.54) is 48.4 Å². The van der Waals surface area contributed by atoms with Crippen molar-refractivity contribution in [1.82, 2.24) is 70.9 Å². The number of aliphatic hydroxyl groups is 1. The van der Waals surface area contributed by atoms with Crippen LogP contribution in [0.5, 0.6) is 5.75 Å². The van der Waals surface area contributed by atoms with Crippen molar-refractivity contribution in [3.05, 3.63) is 93.3 Å². The third-order valence-corrected chi connectivity index (χ3v) is 20.4. The van der Waals surface area contributed by atoms with Gasteiger partial charge in [0.15, 0.2) is 13.1 Å². The molecule has 43 nitrogen and oxygen atoms in total. The number of carbonyl (C=O) groups excluding carboxylic acids is 12. The predicted octanol–water partition coefficient (Wildman–Crippen LogP) is -9.59. The van der Waals surface area contributed by atoms with Crippen molar-refractivity contribution in [1.29, 1.82) is 0 Å². The van der Waals surface area contributed by atoms with Crippen molar-refractivity contribution in [2.75, 3.05) is 149 Å². The lowest BCUT2D eigenvalue weighted by Crippen LogP contribution is -2.58. The number of aliphatic carboxylic acids is 6. The van der Waals surface area contributed by atoms with E-state index in [-0.39, 0.29) is 146 Å².